The Morgan fingerprint density at radius 2 is 2.00 bits per heavy atom. The quantitative estimate of drug-likeness (QED) is 0.681. The van der Waals surface area contributed by atoms with Gasteiger partial charge in [-0.1, -0.05) is 17.7 Å². The molecule has 1 aromatic heterocycles. The highest BCUT2D eigenvalue weighted by atomic mass is 35.5. The summed E-state index contributed by atoms with van der Waals surface area (Å²) in [7, 11) is 0. The minimum absolute atomic E-state index is 0.0186. The molecule has 5 rings (SSSR count). The number of ketones is 1. The zero-order chi connectivity index (χ0) is 21.7. The molecule has 3 aliphatic heterocycles. The molecule has 6 nitrogen and oxygen atoms in total. The molecule has 0 spiro atoms. The van der Waals surface area contributed by atoms with Gasteiger partial charge in [-0.15, -0.1) is 23.1 Å². The first-order valence-electron chi connectivity index (χ1n) is 10.3. The number of piperazine rings is 1. The Morgan fingerprint density at radius 1 is 1.23 bits per heavy atom. The second kappa shape index (κ2) is 8.15. The lowest BCUT2D eigenvalue weighted by Gasteiger charge is -2.37. The summed E-state index contributed by atoms with van der Waals surface area (Å²) in [4.78, 5) is 30.1. The summed E-state index contributed by atoms with van der Waals surface area (Å²) < 4.78 is 1.16. The molecule has 0 saturated carbocycles. The highest BCUT2D eigenvalue weighted by Gasteiger charge is 2.43. The van der Waals surface area contributed by atoms with Crippen LogP contribution in [-0.2, 0) is 4.79 Å². The van der Waals surface area contributed by atoms with Crippen molar-refractivity contribution in [3.63, 3.8) is 0 Å². The predicted octanol–water partition coefficient (Wildman–Crippen LogP) is 3.98. The van der Waals surface area contributed by atoms with E-state index in [1.807, 2.05) is 30.0 Å². The molecule has 162 valence electrons. The van der Waals surface area contributed by atoms with E-state index in [2.05, 4.69) is 21.5 Å². The molecule has 31 heavy (non-hydrogen) atoms. The Bertz CT molecular complexity index is 1090. The minimum Gasteiger partial charge on any atom is -0.368 e. The number of hydrogen-bond donors (Lipinski definition) is 1. The average Bonchev–Trinajstić information content (AvgIpc) is 3.39. The number of Topliss-reactive ketones (excluding diaryl/α,β-unsaturated/α-hetero) is 1. The van der Waals surface area contributed by atoms with Crippen molar-refractivity contribution in [1.29, 1.82) is 0 Å². The summed E-state index contributed by atoms with van der Waals surface area (Å²) in [5.41, 5.74) is 7.11. The van der Waals surface area contributed by atoms with E-state index in [0.29, 0.717) is 18.8 Å². The van der Waals surface area contributed by atoms with Gasteiger partial charge >= 0.3 is 0 Å². The van der Waals surface area contributed by atoms with Crippen LogP contribution in [0.3, 0.4) is 0 Å². The molecular formula is C22H23ClN4O2S2. The third kappa shape index (κ3) is 3.64. The molecule has 9 heteroatoms. The zero-order valence-electron chi connectivity index (χ0n) is 17.4. The molecule has 0 bridgehead atoms. The van der Waals surface area contributed by atoms with Gasteiger partial charge in [-0.3, -0.25) is 9.59 Å². The fourth-order valence-corrected chi connectivity index (χ4v) is 7.19. The summed E-state index contributed by atoms with van der Waals surface area (Å²) in [6, 6.07) is 7.91. The highest BCUT2D eigenvalue weighted by molar-refractivity contribution is 8.01. The number of benzene rings is 1. The number of thiophene rings is 1. The first-order chi connectivity index (χ1) is 14.9. The van der Waals surface area contributed by atoms with Crippen molar-refractivity contribution in [1.82, 2.24) is 10.3 Å². The lowest BCUT2D eigenvalue weighted by atomic mass is 9.92. The van der Waals surface area contributed by atoms with Gasteiger partial charge in [0, 0.05) is 54.1 Å². The fourth-order valence-electron chi connectivity index (χ4n) is 4.45. The van der Waals surface area contributed by atoms with Crippen LogP contribution in [0.15, 0.2) is 33.6 Å². The van der Waals surface area contributed by atoms with E-state index in [9.17, 15) is 9.59 Å². The fraction of sp³-hybridized carbons (Fsp3) is 0.409. The van der Waals surface area contributed by atoms with E-state index in [0.717, 1.165) is 49.8 Å². The molecule has 0 radical (unpaired) electrons. The van der Waals surface area contributed by atoms with Gasteiger partial charge in [-0.05, 0) is 37.6 Å². The molecule has 2 unspecified atom stereocenters. The number of halogens is 1. The molecule has 4 heterocycles. The number of fused-ring (bicyclic) bond motifs is 3. The number of carbonyl (C=O) groups excluding carboxylic acids is 2. The molecule has 2 aromatic rings. The Balaban J connectivity index is 1.27. The summed E-state index contributed by atoms with van der Waals surface area (Å²) in [6.07, 6.45) is 0. The topological polar surface area (TPSA) is 65.0 Å². The standard InChI is InChI=1S/C22H23ClN4O2S2/c1-12-16(23)4-3-5-17(12)26-6-8-27(9-7-26)21(29)20-15-11-30-22-14(19(15)24-25-20)10-18(31-22)13(2)28/h3-5,10,15,19,24H,6-9,11H2,1-2H3. The van der Waals surface area contributed by atoms with Crippen molar-refractivity contribution in [3.8, 4) is 0 Å². The van der Waals surface area contributed by atoms with Crippen LogP contribution < -0.4 is 10.3 Å². The number of hydrazone groups is 1. The first-order valence-corrected chi connectivity index (χ1v) is 12.5. The molecule has 1 saturated heterocycles. The Kier molecular flexibility index (Phi) is 5.48. The van der Waals surface area contributed by atoms with E-state index in [4.69, 9.17) is 11.6 Å². The number of anilines is 1. The number of hydrogen-bond acceptors (Lipinski definition) is 7. The van der Waals surface area contributed by atoms with Gasteiger partial charge in [-0.25, -0.2) is 0 Å². The Morgan fingerprint density at radius 3 is 2.74 bits per heavy atom. The second-order valence-corrected chi connectivity index (χ2v) is 10.8. The van der Waals surface area contributed by atoms with Crippen LogP contribution in [0.1, 0.15) is 33.8 Å². The van der Waals surface area contributed by atoms with Crippen molar-refractivity contribution >= 4 is 57.8 Å². The molecule has 1 aromatic carbocycles. The summed E-state index contributed by atoms with van der Waals surface area (Å²) in [5, 5.41) is 5.23. The van der Waals surface area contributed by atoms with Crippen LogP contribution in [0.4, 0.5) is 5.69 Å². The van der Waals surface area contributed by atoms with Gasteiger partial charge < -0.3 is 15.2 Å². The van der Waals surface area contributed by atoms with E-state index in [1.165, 1.54) is 0 Å². The van der Waals surface area contributed by atoms with Gasteiger partial charge in [0.05, 0.1) is 15.1 Å². The first kappa shape index (κ1) is 20.8. The average molecular weight is 475 g/mol. The van der Waals surface area contributed by atoms with Gasteiger partial charge in [0.25, 0.3) is 5.91 Å². The third-order valence-corrected chi connectivity index (χ3v) is 9.33. The molecule has 3 aliphatic rings. The Hall–Kier alpha value is -2.03. The molecule has 2 atom stereocenters. The summed E-state index contributed by atoms with van der Waals surface area (Å²) >= 11 is 9.55. The third-order valence-electron chi connectivity index (χ3n) is 6.24. The van der Waals surface area contributed by atoms with E-state index in [1.54, 1.807) is 30.0 Å². The SMILES string of the molecule is CC(=O)c1cc2c(s1)SCC1C(C(=O)N3CCN(c4cccc(Cl)c4C)CC3)=NNC21. The monoisotopic (exact) mass is 474 g/mol. The smallest absolute Gasteiger partial charge is 0.270 e. The normalized spacial score (nSPS) is 22.5. The van der Waals surface area contributed by atoms with Crippen LogP contribution in [0.5, 0.6) is 0 Å². The van der Waals surface area contributed by atoms with Gasteiger partial charge in [0.2, 0.25) is 0 Å². The van der Waals surface area contributed by atoms with E-state index in [-0.39, 0.29) is 23.7 Å². The van der Waals surface area contributed by atoms with Crippen LogP contribution in [-0.4, -0.2) is 54.2 Å². The number of carbonyl (C=O) groups is 2. The van der Waals surface area contributed by atoms with Crippen molar-refractivity contribution in [2.45, 2.75) is 24.1 Å². The molecule has 1 amide bonds. The summed E-state index contributed by atoms with van der Waals surface area (Å²) in [5.74, 6) is 0.940. The van der Waals surface area contributed by atoms with Crippen molar-refractivity contribution in [3.05, 3.63) is 45.3 Å². The van der Waals surface area contributed by atoms with Crippen molar-refractivity contribution in [2.75, 3.05) is 36.8 Å². The predicted molar refractivity (Wildman–Crippen MR) is 127 cm³/mol. The number of nitrogens with zero attached hydrogens (tertiary/aromatic N) is 3. The van der Waals surface area contributed by atoms with E-state index < -0.39 is 0 Å². The maximum Gasteiger partial charge on any atom is 0.270 e. The van der Waals surface area contributed by atoms with Gasteiger partial charge in [-0.2, -0.15) is 5.10 Å². The minimum atomic E-state index is -0.0186. The lowest BCUT2D eigenvalue weighted by Crippen LogP contribution is -2.51. The molecule has 1 fully saturated rings. The van der Waals surface area contributed by atoms with Gasteiger partial charge in [0.15, 0.2) is 5.78 Å². The van der Waals surface area contributed by atoms with Crippen molar-refractivity contribution < 1.29 is 9.59 Å². The number of nitrogens with one attached hydrogen (secondary N) is 1. The molecule has 1 N–H and O–H groups in total. The number of rotatable bonds is 3. The maximum atomic E-state index is 13.3. The number of thioether (sulfide) groups is 1. The number of amides is 1. The second-order valence-electron chi connectivity index (χ2n) is 8.09. The van der Waals surface area contributed by atoms with Crippen molar-refractivity contribution in [2.24, 2.45) is 11.0 Å². The largest absolute Gasteiger partial charge is 0.368 e. The molecular weight excluding hydrogens is 452 g/mol. The van der Waals surface area contributed by atoms with Crippen LogP contribution in [0.2, 0.25) is 5.02 Å². The summed E-state index contributed by atoms with van der Waals surface area (Å²) in [6.45, 7) is 6.49. The lowest BCUT2D eigenvalue weighted by molar-refractivity contribution is -0.124. The highest BCUT2D eigenvalue weighted by Crippen LogP contribution is 2.46. The zero-order valence-corrected chi connectivity index (χ0v) is 19.7. The van der Waals surface area contributed by atoms with Gasteiger partial charge in [0.1, 0.15) is 5.71 Å². The van der Waals surface area contributed by atoms with E-state index >= 15 is 0 Å². The maximum absolute atomic E-state index is 13.3. The Labute approximate surface area is 194 Å². The van der Waals surface area contributed by atoms with Crippen LogP contribution >= 0.6 is 34.7 Å². The van der Waals surface area contributed by atoms with Crippen LogP contribution in [0.25, 0.3) is 0 Å². The van der Waals surface area contributed by atoms with Crippen LogP contribution in [0, 0.1) is 12.8 Å². The molecule has 0 aliphatic carbocycles.